The Bertz CT molecular complexity index is 523. The second-order valence-electron chi connectivity index (χ2n) is 3.72. The number of aromatic nitrogens is 1. The second-order valence-corrected chi connectivity index (χ2v) is 3.72. The van der Waals surface area contributed by atoms with Gasteiger partial charge in [0.2, 0.25) is 5.88 Å². The summed E-state index contributed by atoms with van der Waals surface area (Å²) in [6.07, 6.45) is 4.26. The number of benzene rings is 1. The standard InChI is InChI=1S/C14H15NO2/c1-2-3-8-17-14-13-7-5-4-6-12(13)11(10-16)9-15-14/h2,4-7,9,16H,1,3,8,10H2. The SMILES string of the molecule is C=CCCOc1ncc(CO)c2ccccc12. The molecule has 0 saturated heterocycles. The number of rotatable bonds is 5. The molecule has 2 rings (SSSR count). The monoisotopic (exact) mass is 229 g/mol. The smallest absolute Gasteiger partial charge is 0.221 e. The number of pyridine rings is 1. The third-order valence-electron chi connectivity index (χ3n) is 2.57. The summed E-state index contributed by atoms with van der Waals surface area (Å²) >= 11 is 0. The molecule has 0 atom stereocenters. The Kier molecular flexibility index (Phi) is 3.73. The molecule has 1 aromatic carbocycles. The maximum atomic E-state index is 9.25. The van der Waals surface area contributed by atoms with Crippen LogP contribution in [0, 0.1) is 0 Å². The van der Waals surface area contributed by atoms with E-state index in [0.717, 1.165) is 22.8 Å². The summed E-state index contributed by atoms with van der Waals surface area (Å²) in [7, 11) is 0. The average molecular weight is 229 g/mol. The van der Waals surface area contributed by atoms with Gasteiger partial charge in [0, 0.05) is 17.1 Å². The van der Waals surface area contributed by atoms with Gasteiger partial charge in [-0.3, -0.25) is 0 Å². The van der Waals surface area contributed by atoms with Gasteiger partial charge in [0.1, 0.15) is 0 Å². The molecule has 3 heteroatoms. The van der Waals surface area contributed by atoms with Gasteiger partial charge in [-0.15, -0.1) is 6.58 Å². The molecule has 0 saturated carbocycles. The first-order chi connectivity index (χ1) is 8.36. The molecule has 3 nitrogen and oxygen atoms in total. The van der Waals surface area contributed by atoms with Crippen LogP contribution >= 0.6 is 0 Å². The summed E-state index contributed by atoms with van der Waals surface area (Å²) in [4.78, 5) is 4.23. The topological polar surface area (TPSA) is 42.4 Å². The van der Waals surface area contributed by atoms with Crippen molar-refractivity contribution in [2.75, 3.05) is 6.61 Å². The van der Waals surface area contributed by atoms with Crippen molar-refractivity contribution >= 4 is 10.8 Å². The number of fused-ring (bicyclic) bond motifs is 1. The van der Waals surface area contributed by atoms with Crippen LogP contribution in [-0.4, -0.2) is 16.7 Å². The van der Waals surface area contributed by atoms with Crippen molar-refractivity contribution in [3.63, 3.8) is 0 Å². The summed E-state index contributed by atoms with van der Waals surface area (Å²) in [5, 5.41) is 11.2. The lowest BCUT2D eigenvalue weighted by atomic mass is 10.1. The van der Waals surface area contributed by atoms with E-state index in [4.69, 9.17) is 4.74 Å². The Labute approximate surface area is 100 Å². The van der Waals surface area contributed by atoms with E-state index in [2.05, 4.69) is 11.6 Å². The molecular formula is C14H15NO2. The summed E-state index contributed by atoms with van der Waals surface area (Å²) in [5.74, 6) is 0.611. The Morgan fingerprint density at radius 3 is 2.76 bits per heavy atom. The highest BCUT2D eigenvalue weighted by Crippen LogP contribution is 2.26. The molecule has 0 fully saturated rings. The van der Waals surface area contributed by atoms with Crippen LogP contribution in [0.3, 0.4) is 0 Å². The predicted octanol–water partition coefficient (Wildman–Crippen LogP) is 2.68. The van der Waals surface area contributed by atoms with E-state index in [1.165, 1.54) is 0 Å². The zero-order valence-corrected chi connectivity index (χ0v) is 9.60. The maximum absolute atomic E-state index is 9.25. The largest absolute Gasteiger partial charge is 0.477 e. The van der Waals surface area contributed by atoms with E-state index in [1.807, 2.05) is 30.3 Å². The lowest BCUT2D eigenvalue weighted by Gasteiger charge is -2.09. The third kappa shape index (κ3) is 2.45. The van der Waals surface area contributed by atoms with Gasteiger partial charge in [0.25, 0.3) is 0 Å². The Hall–Kier alpha value is -1.87. The van der Waals surface area contributed by atoms with Gasteiger partial charge in [0.15, 0.2) is 0 Å². The average Bonchev–Trinajstić information content (AvgIpc) is 2.39. The van der Waals surface area contributed by atoms with Crippen LogP contribution in [0.2, 0.25) is 0 Å². The lowest BCUT2D eigenvalue weighted by Crippen LogP contribution is -2.00. The van der Waals surface area contributed by atoms with Crippen molar-refractivity contribution in [3.8, 4) is 5.88 Å². The van der Waals surface area contributed by atoms with Gasteiger partial charge in [-0.25, -0.2) is 4.98 Å². The van der Waals surface area contributed by atoms with Gasteiger partial charge in [0.05, 0.1) is 13.2 Å². The van der Waals surface area contributed by atoms with Crippen molar-refractivity contribution in [2.24, 2.45) is 0 Å². The number of aliphatic hydroxyl groups excluding tert-OH is 1. The molecule has 0 spiro atoms. The molecule has 0 unspecified atom stereocenters. The highest BCUT2D eigenvalue weighted by molar-refractivity contribution is 5.89. The van der Waals surface area contributed by atoms with Crippen molar-refractivity contribution in [1.82, 2.24) is 4.98 Å². The molecule has 1 N–H and O–H groups in total. The fourth-order valence-electron chi connectivity index (χ4n) is 1.71. The van der Waals surface area contributed by atoms with Crippen LogP contribution in [0.1, 0.15) is 12.0 Å². The van der Waals surface area contributed by atoms with E-state index < -0.39 is 0 Å². The van der Waals surface area contributed by atoms with Crippen LogP contribution in [0.25, 0.3) is 10.8 Å². The zero-order chi connectivity index (χ0) is 12.1. The molecule has 0 amide bonds. The molecule has 88 valence electrons. The highest BCUT2D eigenvalue weighted by atomic mass is 16.5. The molecule has 0 radical (unpaired) electrons. The predicted molar refractivity (Wildman–Crippen MR) is 68.0 cm³/mol. The Balaban J connectivity index is 2.40. The fraction of sp³-hybridized carbons (Fsp3) is 0.214. The van der Waals surface area contributed by atoms with Crippen molar-refractivity contribution in [1.29, 1.82) is 0 Å². The molecule has 0 aliphatic rings. The van der Waals surface area contributed by atoms with E-state index in [9.17, 15) is 5.11 Å². The van der Waals surface area contributed by atoms with E-state index in [0.29, 0.717) is 12.5 Å². The first kappa shape index (κ1) is 11.6. The van der Waals surface area contributed by atoms with E-state index in [-0.39, 0.29) is 6.61 Å². The Morgan fingerprint density at radius 2 is 2.06 bits per heavy atom. The fourth-order valence-corrected chi connectivity index (χ4v) is 1.71. The molecule has 0 bridgehead atoms. The lowest BCUT2D eigenvalue weighted by molar-refractivity contribution is 0.282. The van der Waals surface area contributed by atoms with Crippen LogP contribution in [-0.2, 0) is 6.61 Å². The summed E-state index contributed by atoms with van der Waals surface area (Å²) in [6, 6.07) is 7.79. The molecule has 0 aliphatic heterocycles. The van der Waals surface area contributed by atoms with Crippen molar-refractivity contribution in [3.05, 3.63) is 48.7 Å². The van der Waals surface area contributed by atoms with Crippen LogP contribution in [0.5, 0.6) is 5.88 Å². The minimum atomic E-state index is -0.0134. The normalized spacial score (nSPS) is 10.4. The number of nitrogens with zero attached hydrogens (tertiary/aromatic N) is 1. The van der Waals surface area contributed by atoms with Gasteiger partial charge >= 0.3 is 0 Å². The number of hydrogen-bond donors (Lipinski definition) is 1. The van der Waals surface area contributed by atoms with Gasteiger partial charge in [-0.2, -0.15) is 0 Å². The maximum Gasteiger partial charge on any atom is 0.221 e. The molecule has 0 aliphatic carbocycles. The third-order valence-corrected chi connectivity index (χ3v) is 2.57. The number of aliphatic hydroxyl groups is 1. The summed E-state index contributed by atoms with van der Waals surface area (Å²) in [6.45, 7) is 4.20. The minimum Gasteiger partial charge on any atom is -0.477 e. The van der Waals surface area contributed by atoms with Crippen molar-refractivity contribution < 1.29 is 9.84 Å². The first-order valence-corrected chi connectivity index (χ1v) is 5.58. The molecule has 2 aromatic rings. The molecular weight excluding hydrogens is 214 g/mol. The van der Waals surface area contributed by atoms with E-state index in [1.54, 1.807) is 6.20 Å². The number of hydrogen-bond acceptors (Lipinski definition) is 3. The molecule has 1 aromatic heterocycles. The summed E-state index contributed by atoms with van der Waals surface area (Å²) in [5.41, 5.74) is 0.816. The quantitative estimate of drug-likeness (QED) is 0.633. The van der Waals surface area contributed by atoms with Crippen LogP contribution in [0.4, 0.5) is 0 Å². The van der Waals surface area contributed by atoms with Crippen molar-refractivity contribution in [2.45, 2.75) is 13.0 Å². The van der Waals surface area contributed by atoms with Crippen LogP contribution < -0.4 is 4.74 Å². The first-order valence-electron chi connectivity index (χ1n) is 5.58. The zero-order valence-electron chi connectivity index (χ0n) is 9.60. The van der Waals surface area contributed by atoms with Gasteiger partial charge in [-0.1, -0.05) is 24.3 Å². The van der Waals surface area contributed by atoms with Gasteiger partial charge in [-0.05, 0) is 17.9 Å². The minimum absolute atomic E-state index is 0.0134. The second kappa shape index (κ2) is 5.46. The summed E-state index contributed by atoms with van der Waals surface area (Å²) < 4.78 is 5.60. The molecule has 1 heterocycles. The highest BCUT2D eigenvalue weighted by Gasteiger charge is 2.06. The van der Waals surface area contributed by atoms with Crippen LogP contribution in [0.15, 0.2) is 43.1 Å². The number of ether oxygens (including phenoxy) is 1. The van der Waals surface area contributed by atoms with E-state index >= 15 is 0 Å². The van der Waals surface area contributed by atoms with Gasteiger partial charge < -0.3 is 9.84 Å². The Morgan fingerprint density at radius 1 is 1.29 bits per heavy atom. The molecule has 17 heavy (non-hydrogen) atoms.